The van der Waals surface area contributed by atoms with Crippen molar-refractivity contribution in [2.75, 3.05) is 44.3 Å². The van der Waals surface area contributed by atoms with Crippen LogP contribution in [0.5, 0.6) is 0 Å². The standard InChI is InChI=1S/C15H28N4O/c1-3-14-13-19(10-6-12-20-4-2)15(17-14)18-9-5-7-16-8-11-18/h13,16H,3-12H2,1-2H3. The van der Waals surface area contributed by atoms with Crippen molar-refractivity contribution >= 4 is 5.95 Å². The molecule has 0 atom stereocenters. The van der Waals surface area contributed by atoms with Gasteiger partial charge in [0.15, 0.2) is 0 Å². The zero-order chi connectivity index (χ0) is 14.2. The molecule has 2 heterocycles. The minimum atomic E-state index is 0.800. The number of ether oxygens (including phenoxy) is 1. The minimum absolute atomic E-state index is 0.800. The van der Waals surface area contributed by atoms with E-state index in [-0.39, 0.29) is 0 Å². The smallest absolute Gasteiger partial charge is 0.205 e. The van der Waals surface area contributed by atoms with Crippen LogP contribution in [0.2, 0.25) is 0 Å². The number of anilines is 1. The maximum absolute atomic E-state index is 5.44. The molecule has 1 fully saturated rings. The number of imidazole rings is 1. The summed E-state index contributed by atoms with van der Waals surface area (Å²) in [6.45, 7) is 11.1. The molecule has 0 aromatic carbocycles. The van der Waals surface area contributed by atoms with E-state index in [0.717, 1.165) is 64.7 Å². The number of aryl methyl sites for hydroxylation is 2. The van der Waals surface area contributed by atoms with Gasteiger partial charge in [0.25, 0.3) is 0 Å². The first-order valence-corrected chi connectivity index (χ1v) is 7.94. The third-order valence-corrected chi connectivity index (χ3v) is 3.68. The van der Waals surface area contributed by atoms with Crippen LogP contribution in [0.25, 0.3) is 0 Å². The number of nitrogens with one attached hydrogen (secondary N) is 1. The quantitative estimate of drug-likeness (QED) is 0.772. The zero-order valence-electron chi connectivity index (χ0n) is 12.9. The Hall–Kier alpha value is -1.07. The summed E-state index contributed by atoms with van der Waals surface area (Å²) in [5.41, 5.74) is 1.19. The van der Waals surface area contributed by atoms with E-state index >= 15 is 0 Å². The number of rotatable bonds is 7. The maximum atomic E-state index is 5.44. The molecule has 1 aromatic heterocycles. The summed E-state index contributed by atoms with van der Waals surface area (Å²) >= 11 is 0. The van der Waals surface area contributed by atoms with Crippen molar-refractivity contribution in [1.82, 2.24) is 14.9 Å². The van der Waals surface area contributed by atoms with Gasteiger partial charge in [-0.1, -0.05) is 6.92 Å². The van der Waals surface area contributed by atoms with Crippen molar-refractivity contribution in [2.24, 2.45) is 0 Å². The van der Waals surface area contributed by atoms with Crippen LogP contribution in [0.4, 0.5) is 5.95 Å². The average molecular weight is 280 g/mol. The Morgan fingerprint density at radius 2 is 2.20 bits per heavy atom. The van der Waals surface area contributed by atoms with Gasteiger partial charge in [0.05, 0.1) is 5.69 Å². The van der Waals surface area contributed by atoms with Gasteiger partial charge in [-0.05, 0) is 32.7 Å². The predicted octanol–water partition coefficient (Wildman–Crippen LogP) is 1.67. The van der Waals surface area contributed by atoms with Gasteiger partial charge in [-0.2, -0.15) is 0 Å². The monoisotopic (exact) mass is 280 g/mol. The van der Waals surface area contributed by atoms with Gasteiger partial charge >= 0.3 is 0 Å². The van der Waals surface area contributed by atoms with Crippen molar-refractivity contribution < 1.29 is 4.74 Å². The Balaban J connectivity index is 2.02. The van der Waals surface area contributed by atoms with E-state index in [4.69, 9.17) is 9.72 Å². The topological polar surface area (TPSA) is 42.3 Å². The van der Waals surface area contributed by atoms with Crippen molar-refractivity contribution in [3.63, 3.8) is 0 Å². The van der Waals surface area contributed by atoms with E-state index in [2.05, 4.69) is 27.9 Å². The molecule has 0 spiro atoms. The van der Waals surface area contributed by atoms with Gasteiger partial charge in [0.2, 0.25) is 5.95 Å². The highest BCUT2D eigenvalue weighted by molar-refractivity contribution is 5.34. The minimum Gasteiger partial charge on any atom is -0.382 e. The van der Waals surface area contributed by atoms with Crippen LogP contribution in [0.15, 0.2) is 6.20 Å². The predicted molar refractivity (Wildman–Crippen MR) is 82.4 cm³/mol. The molecule has 0 unspecified atom stereocenters. The van der Waals surface area contributed by atoms with Crippen LogP contribution >= 0.6 is 0 Å². The SMILES string of the molecule is CCOCCCn1cc(CC)nc1N1CCCNCC1. The highest BCUT2D eigenvalue weighted by atomic mass is 16.5. The van der Waals surface area contributed by atoms with E-state index in [0.29, 0.717) is 0 Å². The van der Waals surface area contributed by atoms with Crippen molar-refractivity contribution in [2.45, 2.75) is 39.7 Å². The summed E-state index contributed by atoms with van der Waals surface area (Å²) in [6.07, 6.45) is 5.44. The number of nitrogens with zero attached hydrogens (tertiary/aromatic N) is 3. The molecule has 0 saturated carbocycles. The summed E-state index contributed by atoms with van der Waals surface area (Å²) < 4.78 is 7.75. The first-order chi connectivity index (χ1) is 9.85. The van der Waals surface area contributed by atoms with Crippen LogP contribution in [0.1, 0.15) is 32.4 Å². The van der Waals surface area contributed by atoms with Crippen LogP contribution in [0.3, 0.4) is 0 Å². The lowest BCUT2D eigenvalue weighted by Gasteiger charge is -2.22. The van der Waals surface area contributed by atoms with Crippen molar-refractivity contribution in [1.29, 1.82) is 0 Å². The normalized spacial score (nSPS) is 16.4. The molecular weight excluding hydrogens is 252 g/mol. The first-order valence-electron chi connectivity index (χ1n) is 7.94. The highest BCUT2D eigenvalue weighted by Gasteiger charge is 2.16. The molecule has 1 N–H and O–H groups in total. The largest absolute Gasteiger partial charge is 0.382 e. The van der Waals surface area contributed by atoms with Crippen LogP contribution < -0.4 is 10.2 Å². The van der Waals surface area contributed by atoms with Crippen molar-refractivity contribution in [3.05, 3.63) is 11.9 Å². The molecule has 0 bridgehead atoms. The molecule has 0 radical (unpaired) electrons. The number of aromatic nitrogens is 2. The van der Waals surface area contributed by atoms with Gasteiger partial charge < -0.3 is 19.5 Å². The van der Waals surface area contributed by atoms with Crippen LogP contribution in [-0.2, 0) is 17.7 Å². The Labute approximate surface area is 122 Å². The molecule has 5 heteroatoms. The van der Waals surface area contributed by atoms with E-state index < -0.39 is 0 Å². The maximum Gasteiger partial charge on any atom is 0.205 e. The summed E-state index contributed by atoms with van der Waals surface area (Å²) in [5, 5.41) is 3.45. The Kier molecular flexibility index (Phi) is 6.33. The van der Waals surface area contributed by atoms with E-state index in [1.54, 1.807) is 0 Å². The second-order valence-electron chi connectivity index (χ2n) is 5.22. The molecular formula is C15H28N4O. The molecule has 114 valence electrons. The Bertz CT molecular complexity index is 383. The first kappa shape index (κ1) is 15.3. The van der Waals surface area contributed by atoms with E-state index in [1.165, 1.54) is 12.1 Å². The fourth-order valence-corrected chi connectivity index (χ4v) is 2.57. The molecule has 1 aliphatic heterocycles. The fourth-order valence-electron chi connectivity index (χ4n) is 2.57. The highest BCUT2D eigenvalue weighted by Crippen LogP contribution is 2.16. The molecule has 0 amide bonds. The second-order valence-corrected chi connectivity index (χ2v) is 5.22. The van der Waals surface area contributed by atoms with Gasteiger partial charge in [-0.25, -0.2) is 4.98 Å². The average Bonchev–Trinajstić information content (AvgIpc) is 2.69. The van der Waals surface area contributed by atoms with Gasteiger partial charge in [-0.3, -0.25) is 0 Å². The van der Waals surface area contributed by atoms with Crippen LogP contribution in [0, 0.1) is 0 Å². The van der Waals surface area contributed by atoms with Crippen molar-refractivity contribution in [3.8, 4) is 0 Å². The molecule has 1 saturated heterocycles. The lowest BCUT2D eigenvalue weighted by Crippen LogP contribution is -2.30. The van der Waals surface area contributed by atoms with Gasteiger partial charge in [-0.15, -0.1) is 0 Å². The molecule has 5 nitrogen and oxygen atoms in total. The lowest BCUT2D eigenvalue weighted by atomic mass is 10.4. The number of hydrogen-bond acceptors (Lipinski definition) is 4. The molecule has 1 aliphatic rings. The molecule has 1 aromatic rings. The zero-order valence-corrected chi connectivity index (χ0v) is 12.9. The molecule has 2 rings (SSSR count). The van der Waals surface area contributed by atoms with Gasteiger partial charge in [0.1, 0.15) is 0 Å². The molecule has 20 heavy (non-hydrogen) atoms. The lowest BCUT2D eigenvalue weighted by molar-refractivity contribution is 0.141. The molecule has 0 aliphatic carbocycles. The third-order valence-electron chi connectivity index (χ3n) is 3.68. The van der Waals surface area contributed by atoms with Gasteiger partial charge in [0, 0.05) is 45.6 Å². The Morgan fingerprint density at radius 1 is 1.30 bits per heavy atom. The fraction of sp³-hybridized carbons (Fsp3) is 0.800. The Morgan fingerprint density at radius 3 is 3.00 bits per heavy atom. The van der Waals surface area contributed by atoms with Crippen LogP contribution in [-0.4, -0.2) is 48.9 Å². The second kappa shape index (κ2) is 8.27. The summed E-state index contributed by atoms with van der Waals surface area (Å²) in [4.78, 5) is 7.23. The summed E-state index contributed by atoms with van der Waals surface area (Å²) in [5.74, 6) is 1.14. The van der Waals surface area contributed by atoms with E-state index in [1.807, 2.05) is 6.92 Å². The summed E-state index contributed by atoms with van der Waals surface area (Å²) in [7, 11) is 0. The van der Waals surface area contributed by atoms with E-state index in [9.17, 15) is 0 Å². The summed E-state index contributed by atoms with van der Waals surface area (Å²) in [6, 6.07) is 0. The third kappa shape index (κ3) is 4.21. The number of hydrogen-bond donors (Lipinski definition) is 1.